The summed E-state index contributed by atoms with van der Waals surface area (Å²) in [5, 5.41) is 0. The maximum atomic E-state index is 5.57. The highest BCUT2D eigenvalue weighted by Gasteiger charge is 1.99. The summed E-state index contributed by atoms with van der Waals surface area (Å²) in [4.78, 5) is 0. The van der Waals surface area contributed by atoms with Gasteiger partial charge in [0, 0.05) is 0 Å². The third kappa shape index (κ3) is 2.12. The predicted molar refractivity (Wildman–Crippen MR) is 66.1 cm³/mol. The van der Waals surface area contributed by atoms with Crippen molar-refractivity contribution in [1.29, 1.82) is 0 Å². The van der Waals surface area contributed by atoms with E-state index in [0.29, 0.717) is 6.32 Å². The van der Waals surface area contributed by atoms with E-state index in [2.05, 4.69) is 55.5 Å². The summed E-state index contributed by atoms with van der Waals surface area (Å²) >= 11 is 0. The first-order chi connectivity index (χ1) is 7.31. The molecule has 15 heavy (non-hydrogen) atoms. The molecule has 0 aliphatic rings. The van der Waals surface area contributed by atoms with Crippen LogP contribution in [0.4, 0.5) is 0 Å². The minimum absolute atomic E-state index is 0.605. The average Bonchev–Trinajstić information content (AvgIpc) is 2.30. The van der Waals surface area contributed by atoms with Crippen LogP contribution in [-0.4, -0.2) is 7.85 Å². The van der Waals surface area contributed by atoms with Crippen LogP contribution in [0.5, 0.6) is 0 Å². The van der Waals surface area contributed by atoms with Crippen molar-refractivity contribution in [3.05, 3.63) is 59.7 Å². The van der Waals surface area contributed by atoms with Crippen LogP contribution in [0, 0.1) is 6.92 Å². The van der Waals surface area contributed by atoms with Crippen molar-refractivity contribution in [1.82, 2.24) is 0 Å². The molecule has 0 saturated carbocycles. The Labute approximate surface area is 92.4 Å². The van der Waals surface area contributed by atoms with Crippen LogP contribution in [0.25, 0.3) is 11.1 Å². The fourth-order valence-corrected chi connectivity index (χ4v) is 1.72. The highest BCUT2D eigenvalue weighted by Crippen LogP contribution is 2.23. The molecule has 0 unspecified atom stereocenters. The van der Waals surface area contributed by atoms with Gasteiger partial charge in [-0.15, -0.1) is 0 Å². The van der Waals surface area contributed by atoms with Crippen LogP contribution in [-0.2, 0) is 6.32 Å². The van der Waals surface area contributed by atoms with Crippen molar-refractivity contribution in [2.45, 2.75) is 13.2 Å². The fourth-order valence-electron chi connectivity index (χ4n) is 1.72. The molecule has 2 rings (SSSR count). The van der Waals surface area contributed by atoms with E-state index in [-0.39, 0.29) is 0 Å². The van der Waals surface area contributed by atoms with E-state index in [4.69, 9.17) is 7.85 Å². The first kappa shape index (κ1) is 10.0. The van der Waals surface area contributed by atoms with Gasteiger partial charge in [-0.05, 0) is 23.6 Å². The number of benzene rings is 2. The van der Waals surface area contributed by atoms with Crippen LogP contribution in [0.15, 0.2) is 48.5 Å². The Morgan fingerprint density at radius 1 is 0.933 bits per heavy atom. The SMILES string of the molecule is [B]Cc1ccc(-c2ccccc2C)cc1. The molecule has 0 heterocycles. The van der Waals surface area contributed by atoms with Gasteiger partial charge >= 0.3 is 0 Å². The van der Waals surface area contributed by atoms with Crippen LogP contribution in [0.3, 0.4) is 0 Å². The fraction of sp³-hybridized carbons (Fsp3) is 0.143. The third-order valence-corrected chi connectivity index (χ3v) is 2.65. The van der Waals surface area contributed by atoms with Crippen LogP contribution in [0.2, 0.25) is 0 Å². The van der Waals surface area contributed by atoms with Gasteiger partial charge < -0.3 is 0 Å². The predicted octanol–water partition coefficient (Wildman–Crippen LogP) is 3.33. The smallest absolute Gasteiger partial charge is 0.0643 e. The van der Waals surface area contributed by atoms with Crippen molar-refractivity contribution in [2.24, 2.45) is 0 Å². The van der Waals surface area contributed by atoms with Gasteiger partial charge in [0.25, 0.3) is 0 Å². The van der Waals surface area contributed by atoms with Crippen molar-refractivity contribution in [3.63, 3.8) is 0 Å². The zero-order valence-electron chi connectivity index (χ0n) is 8.90. The number of rotatable bonds is 2. The molecule has 0 N–H and O–H groups in total. The van der Waals surface area contributed by atoms with E-state index in [1.807, 2.05) is 0 Å². The zero-order valence-corrected chi connectivity index (χ0v) is 8.90. The molecule has 0 nitrogen and oxygen atoms in total. The highest BCUT2D eigenvalue weighted by atomic mass is 14.0. The van der Waals surface area contributed by atoms with Gasteiger partial charge in [0.05, 0.1) is 7.85 Å². The minimum Gasteiger partial charge on any atom is -0.0643 e. The zero-order chi connectivity index (χ0) is 10.7. The molecule has 0 amide bonds. The molecular weight excluding hydrogens is 179 g/mol. The van der Waals surface area contributed by atoms with Gasteiger partial charge in [-0.3, -0.25) is 0 Å². The van der Waals surface area contributed by atoms with Crippen molar-refractivity contribution in [3.8, 4) is 11.1 Å². The van der Waals surface area contributed by atoms with Gasteiger partial charge in [0.2, 0.25) is 0 Å². The van der Waals surface area contributed by atoms with Crippen molar-refractivity contribution >= 4 is 7.85 Å². The van der Waals surface area contributed by atoms with Gasteiger partial charge in [0.15, 0.2) is 0 Å². The van der Waals surface area contributed by atoms with Gasteiger partial charge in [-0.25, -0.2) is 0 Å². The molecule has 2 aromatic rings. The monoisotopic (exact) mass is 192 g/mol. The minimum atomic E-state index is 0.605. The molecule has 2 aromatic carbocycles. The average molecular weight is 192 g/mol. The number of aryl methyl sites for hydroxylation is 1. The topological polar surface area (TPSA) is 0 Å². The summed E-state index contributed by atoms with van der Waals surface area (Å²) in [5.74, 6) is 0. The van der Waals surface area contributed by atoms with E-state index in [9.17, 15) is 0 Å². The van der Waals surface area contributed by atoms with Crippen LogP contribution < -0.4 is 0 Å². The Hall–Kier alpha value is -1.50. The molecule has 0 aromatic heterocycles. The Kier molecular flexibility index (Phi) is 2.91. The van der Waals surface area contributed by atoms with E-state index in [1.54, 1.807) is 0 Å². The lowest BCUT2D eigenvalue weighted by Crippen LogP contribution is -1.85. The lowest BCUT2D eigenvalue weighted by atomic mass is 9.94. The summed E-state index contributed by atoms with van der Waals surface area (Å²) in [6.45, 7) is 2.13. The van der Waals surface area contributed by atoms with E-state index in [1.165, 1.54) is 22.3 Å². The van der Waals surface area contributed by atoms with E-state index in [0.717, 1.165) is 0 Å². The second kappa shape index (κ2) is 4.35. The van der Waals surface area contributed by atoms with E-state index < -0.39 is 0 Å². The van der Waals surface area contributed by atoms with Gasteiger partial charge in [0.1, 0.15) is 0 Å². The molecule has 0 fully saturated rings. The first-order valence-electron chi connectivity index (χ1n) is 5.16. The molecule has 0 spiro atoms. The summed E-state index contributed by atoms with van der Waals surface area (Å²) in [7, 11) is 5.57. The summed E-state index contributed by atoms with van der Waals surface area (Å²) in [5.41, 5.74) is 5.02. The van der Waals surface area contributed by atoms with E-state index >= 15 is 0 Å². The van der Waals surface area contributed by atoms with Crippen LogP contribution >= 0.6 is 0 Å². The summed E-state index contributed by atoms with van der Waals surface area (Å²) in [6.07, 6.45) is 0.605. The molecule has 0 saturated heterocycles. The summed E-state index contributed by atoms with van der Waals surface area (Å²) in [6, 6.07) is 16.8. The highest BCUT2D eigenvalue weighted by molar-refractivity contribution is 6.08. The lowest BCUT2D eigenvalue weighted by molar-refractivity contribution is 1.39. The molecule has 0 bridgehead atoms. The Balaban J connectivity index is 2.42. The Morgan fingerprint density at radius 2 is 1.60 bits per heavy atom. The van der Waals surface area contributed by atoms with Gasteiger partial charge in [-0.2, -0.15) is 0 Å². The molecule has 0 aliphatic heterocycles. The van der Waals surface area contributed by atoms with Crippen LogP contribution in [0.1, 0.15) is 11.1 Å². The normalized spacial score (nSPS) is 10.2. The Bertz CT molecular complexity index is 443. The Morgan fingerprint density at radius 3 is 2.20 bits per heavy atom. The lowest BCUT2D eigenvalue weighted by Gasteiger charge is -2.06. The summed E-state index contributed by atoms with van der Waals surface area (Å²) < 4.78 is 0. The second-order valence-corrected chi connectivity index (χ2v) is 3.72. The van der Waals surface area contributed by atoms with Crippen molar-refractivity contribution in [2.75, 3.05) is 0 Å². The largest absolute Gasteiger partial charge is 0.0716 e. The third-order valence-electron chi connectivity index (χ3n) is 2.65. The number of hydrogen-bond acceptors (Lipinski definition) is 0. The molecule has 1 heteroatoms. The second-order valence-electron chi connectivity index (χ2n) is 3.72. The number of hydrogen-bond donors (Lipinski definition) is 0. The first-order valence-corrected chi connectivity index (χ1v) is 5.16. The maximum Gasteiger partial charge on any atom is 0.0716 e. The molecule has 0 aliphatic carbocycles. The molecule has 0 atom stereocenters. The maximum absolute atomic E-state index is 5.57. The molecular formula is C14H13B. The standard InChI is InChI=1S/C14H13B/c1-11-4-2-3-5-14(11)13-8-6-12(10-15)7-9-13/h2-9H,10H2,1H3. The molecule has 72 valence electrons. The molecule has 2 radical (unpaired) electrons. The van der Waals surface area contributed by atoms with Gasteiger partial charge in [-0.1, -0.05) is 60.4 Å². The van der Waals surface area contributed by atoms with Crippen molar-refractivity contribution < 1.29 is 0 Å². The quantitative estimate of drug-likeness (QED) is 0.640.